The molecule has 14 heavy (non-hydrogen) atoms. The van der Waals surface area contributed by atoms with Crippen LogP contribution in [-0.2, 0) is 6.54 Å². The summed E-state index contributed by atoms with van der Waals surface area (Å²) in [5, 5.41) is 0. The first-order chi connectivity index (χ1) is 6.47. The first kappa shape index (κ1) is 11.0. The van der Waals surface area contributed by atoms with Gasteiger partial charge in [-0.25, -0.2) is 4.98 Å². The number of nitrogens with zero attached hydrogens (tertiary/aromatic N) is 2. The fourth-order valence-corrected chi connectivity index (χ4v) is 1.18. The highest BCUT2D eigenvalue weighted by Crippen LogP contribution is 2.28. The SMILES string of the molecule is CC(C)C(C)(C)Cn1cncc1C=O. The van der Waals surface area contributed by atoms with Gasteiger partial charge in [0.05, 0.1) is 12.5 Å². The van der Waals surface area contributed by atoms with Crippen LogP contribution in [0, 0.1) is 11.3 Å². The Morgan fingerprint density at radius 1 is 1.57 bits per heavy atom. The van der Waals surface area contributed by atoms with Crippen LogP contribution in [0.15, 0.2) is 12.5 Å². The molecule has 1 aromatic heterocycles. The molecule has 78 valence electrons. The third-order valence-corrected chi connectivity index (χ3v) is 3.01. The quantitative estimate of drug-likeness (QED) is 0.690. The second-order valence-corrected chi connectivity index (χ2v) is 4.71. The molecule has 0 radical (unpaired) electrons. The van der Waals surface area contributed by atoms with Crippen molar-refractivity contribution in [2.24, 2.45) is 11.3 Å². The number of hydrogen-bond acceptors (Lipinski definition) is 2. The molecule has 0 bridgehead atoms. The van der Waals surface area contributed by atoms with Crippen LogP contribution in [0.3, 0.4) is 0 Å². The minimum absolute atomic E-state index is 0.179. The van der Waals surface area contributed by atoms with Crippen molar-refractivity contribution >= 4 is 6.29 Å². The summed E-state index contributed by atoms with van der Waals surface area (Å²) in [6.07, 6.45) is 4.17. The molecule has 0 aromatic carbocycles. The first-order valence-electron chi connectivity index (χ1n) is 4.92. The Morgan fingerprint density at radius 2 is 2.21 bits per heavy atom. The molecular weight excluding hydrogens is 176 g/mol. The maximum Gasteiger partial charge on any atom is 0.168 e. The van der Waals surface area contributed by atoms with Crippen LogP contribution in [0.25, 0.3) is 0 Å². The number of imidazole rings is 1. The second-order valence-electron chi connectivity index (χ2n) is 4.71. The lowest BCUT2D eigenvalue weighted by atomic mass is 9.81. The van der Waals surface area contributed by atoms with E-state index >= 15 is 0 Å². The zero-order chi connectivity index (χ0) is 10.8. The Bertz CT molecular complexity index is 313. The fourth-order valence-electron chi connectivity index (χ4n) is 1.18. The van der Waals surface area contributed by atoms with Crippen LogP contribution < -0.4 is 0 Å². The van der Waals surface area contributed by atoms with Gasteiger partial charge in [-0.2, -0.15) is 0 Å². The number of hydrogen-bond donors (Lipinski definition) is 0. The van der Waals surface area contributed by atoms with E-state index in [1.54, 1.807) is 12.5 Å². The third kappa shape index (κ3) is 2.22. The van der Waals surface area contributed by atoms with Gasteiger partial charge in [-0.3, -0.25) is 4.79 Å². The first-order valence-corrected chi connectivity index (χ1v) is 4.92. The molecule has 1 heterocycles. The van der Waals surface area contributed by atoms with Gasteiger partial charge in [0.2, 0.25) is 0 Å². The summed E-state index contributed by atoms with van der Waals surface area (Å²) in [5.41, 5.74) is 0.831. The smallest absolute Gasteiger partial charge is 0.168 e. The van der Waals surface area contributed by atoms with E-state index in [9.17, 15) is 4.79 Å². The topological polar surface area (TPSA) is 34.9 Å². The second kappa shape index (κ2) is 3.95. The van der Waals surface area contributed by atoms with Gasteiger partial charge in [0.25, 0.3) is 0 Å². The molecule has 0 unspecified atom stereocenters. The minimum atomic E-state index is 0.179. The standard InChI is InChI=1S/C11H18N2O/c1-9(2)11(3,4)7-13-8-12-5-10(13)6-14/h5-6,8-9H,7H2,1-4H3. The van der Waals surface area contributed by atoms with E-state index in [0.717, 1.165) is 12.8 Å². The van der Waals surface area contributed by atoms with Crippen LogP contribution in [0.1, 0.15) is 38.2 Å². The zero-order valence-electron chi connectivity index (χ0n) is 9.32. The zero-order valence-corrected chi connectivity index (χ0v) is 9.32. The molecule has 0 saturated carbocycles. The predicted octanol–water partition coefficient (Wildman–Crippen LogP) is 2.38. The van der Waals surface area contributed by atoms with Gasteiger partial charge >= 0.3 is 0 Å². The molecule has 1 aromatic rings. The normalized spacial score (nSPS) is 12.1. The average Bonchev–Trinajstić information content (AvgIpc) is 2.50. The summed E-state index contributed by atoms with van der Waals surface area (Å²) < 4.78 is 1.91. The summed E-state index contributed by atoms with van der Waals surface area (Å²) in [6, 6.07) is 0. The van der Waals surface area contributed by atoms with Gasteiger partial charge in [0.15, 0.2) is 6.29 Å². The van der Waals surface area contributed by atoms with Crippen molar-refractivity contribution in [3.8, 4) is 0 Å². The summed E-state index contributed by atoms with van der Waals surface area (Å²) in [4.78, 5) is 14.7. The molecule has 0 aliphatic heterocycles. The van der Waals surface area contributed by atoms with Crippen molar-refractivity contribution in [1.29, 1.82) is 0 Å². The van der Waals surface area contributed by atoms with E-state index in [1.807, 2.05) is 4.57 Å². The van der Waals surface area contributed by atoms with E-state index in [4.69, 9.17) is 0 Å². The van der Waals surface area contributed by atoms with Gasteiger partial charge < -0.3 is 4.57 Å². The number of carbonyl (C=O) groups excluding carboxylic acids is 1. The molecule has 0 aliphatic rings. The van der Waals surface area contributed by atoms with E-state index in [0.29, 0.717) is 11.6 Å². The monoisotopic (exact) mass is 194 g/mol. The summed E-state index contributed by atoms with van der Waals surface area (Å²) in [6.45, 7) is 9.62. The molecule has 0 saturated heterocycles. The molecule has 0 aliphatic carbocycles. The van der Waals surface area contributed by atoms with Crippen LogP contribution in [0.2, 0.25) is 0 Å². The predicted molar refractivity (Wildman–Crippen MR) is 56.2 cm³/mol. The van der Waals surface area contributed by atoms with Gasteiger partial charge in [0, 0.05) is 6.54 Å². The van der Waals surface area contributed by atoms with Crippen molar-refractivity contribution in [3.63, 3.8) is 0 Å². The van der Waals surface area contributed by atoms with Crippen LogP contribution >= 0.6 is 0 Å². The number of aromatic nitrogens is 2. The highest BCUT2D eigenvalue weighted by molar-refractivity contribution is 5.71. The minimum Gasteiger partial charge on any atom is -0.328 e. The summed E-state index contributed by atoms with van der Waals surface area (Å²) in [5.74, 6) is 0.574. The van der Waals surface area contributed by atoms with Gasteiger partial charge in [-0.15, -0.1) is 0 Å². The Labute approximate surface area is 85.2 Å². The summed E-state index contributed by atoms with van der Waals surface area (Å²) in [7, 11) is 0. The fraction of sp³-hybridized carbons (Fsp3) is 0.636. The maximum absolute atomic E-state index is 10.7. The molecule has 0 fully saturated rings. The number of carbonyl (C=O) groups is 1. The third-order valence-electron chi connectivity index (χ3n) is 3.01. The lowest BCUT2D eigenvalue weighted by Gasteiger charge is -2.29. The largest absolute Gasteiger partial charge is 0.328 e. The number of aldehydes is 1. The van der Waals surface area contributed by atoms with Gasteiger partial charge in [0.1, 0.15) is 5.69 Å². The van der Waals surface area contributed by atoms with Crippen LogP contribution in [0.5, 0.6) is 0 Å². The molecule has 3 heteroatoms. The molecule has 0 spiro atoms. The van der Waals surface area contributed by atoms with Crippen molar-refractivity contribution in [1.82, 2.24) is 9.55 Å². The molecule has 0 amide bonds. The van der Waals surface area contributed by atoms with Gasteiger partial charge in [-0.1, -0.05) is 27.7 Å². The van der Waals surface area contributed by atoms with Crippen molar-refractivity contribution in [3.05, 3.63) is 18.2 Å². The van der Waals surface area contributed by atoms with Crippen molar-refractivity contribution in [2.75, 3.05) is 0 Å². The highest BCUT2D eigenvalue weighted by Gasteiger charge is 2.23. The molecular formula is C11H18N2O. The van der Waals surface area contributed by atoms with E-state index in [-0.39, 0.29) is 5.41 Å². The maximum atomic E-state index is 10.7. The van der Waals surface area contributed by atoms with Crippen LogP contribution in [0.4, 0.5) is 0 Å². The lowest BCUT2D eigenvalue weighted by Crippen LogP contribution is -2.26. The number of rotatable bonds is 4. The molecule has 1 rings (SSSR count). The highest BCUT2D eigenvalue weighted by atomic mass is 16.1. The Hall–Kier alpha value is -1.12. The molecule has 0 atom stereocenters. The van der Waals surface area contributed by atoms with E-state index in [1.165, 1.54) is 0 Å². The Balaban J connectivity index is 2.83. The average molecular weight is 194 g/mol. The van der Waals surface area contributed by atoms with E-state index in [2.05, 4.69) is 32.7 Å². The van der Waals surface area contributed by atoms with Crippen LogP contribution in [-0.4, -0.2) is 15.8 Å². The summed E-state index contributed by atoms with van der Waals surface area (Å²) >= 11 is 0. The van der Waals surface area contributed by atoms with Gasteiger partial charge in [-0.05, 0) is 11.3 Å². The molecule has 3 nitrogen and oxygen atoms in total. The Kier molecular flexibility index (Phi) is 3.09. The van der Waals surface area contributed by atoms with Crippen molar-refractivity contribution in [2.45, 2.75) is 34.2 Å². The molecule has 0 N–H and O–H groups in total. The van der Waals surface area contributed by atoms with E-state index < -0.39 is 0 Å². The van der Waals surface area contributed by atoms with Crippen molar-refractivity contribution < 1.29 is 4.79 Å². The lowest BCUT2D eigenvalue weighted by molar-refractivity contribution is 0.111. The Morgan fingerprint density at radius 3 is 2.71 bits per heavy atom.